The molecule has 3 rings (SSSR count). The molecule has 0 atom stereocenters. The van der Waals surface area contributed by atoms with E-state index in [-0.39, 0.29) is 11.4 Å². The van der Waals surface area contributed by atoms with E-state index in [4.69, 9.17) is 16.3 Å². The average Bonchev–Trinajstić information content (AvgIpc) is 2.76. The molecule has 1 amide bonds. The Morgan fingerprint density at radius 3 is 2.69 bits per heavy atom. The van der Waals surface area contributed by atoms with Crippen molar-refractivity contribution in [3.05, 3.63) is 98.2 Å². The molecule has 0 bridgehead atoms. The second-order valence-corrected chi connectivity index (χ2v) is 8.08. The van der Waals surface area contributed by atoms with Crippen LogP contribution in [0.1, 0.15) is 23.6 Å². The van der Waals surface area contributed by atoms with Gasteiger partial charge in [-0.25, -0.2) is 4.39 Å². The van der Waals surface area contributed by atoms with Crippen molar-refractivity contribution in [2.24, 2.45) is 0 Å². The largest absolute Gasteiger partial charge is 0.494 e. The van der Waals surface area contributed by atoms with E-state index in [2.05, 4.69) is 21.2 Å². The molecule has 0 unspecified atom stereocenters. The zero-order valence-corrected chi connectivity index (χ0v) is 19.5. The number of rotatable bonds is 7. The summed E-state index contributed by atoms with van der Waals surface area (Å²) in [6, 6.07) is 18.6. The predicted molar refractivity (Wildman–Crippen MR) is 128 cm³/mol. The number of carbonyl (C=O) groups excluding carboxylic acids is 1. The van der Waals surface area contributed by atoms with Gasteiger partial charge in [0.05, 0.1) is 17.3 Å². The number of anilines is 1. The molecule has 1 N–H and O–H groups in total. The second-order valence-electron chi connectivity index (χ2n) is 6.82. The molecule has 0 aliphatic carbocycles. The number of nitriles is 1. The maximum Gasteiger partial charge on any atom is 0.266 e. The first kappa shape index (κ1) is 23.5. The van der Waals surface area contributed by atoms with Crippen LogP contribution in [0.15, 0.2) is 70.7 Å². The van der Waals surface area contributed by atoms with Crippen LogP contribution in [0, 0.1) is 17.1 Å². The van der Waals surface area contributed by atoms with Gasteiger partial charge >= 0.3 is 0 Å². The molecule has 3 aromatic carbocycles. The number of nitrogens with zero attached hydrogens (tertiary/aromatic N) is 1. The highest BCUT2D eigenvalue weighted by atomic mass is 79.9. The van der Waals surface area contributed by atoms with Gasteiger partial charge in [-0.05, 0) is 60.5 Å². The Labute approximate surface area is 199 Å². The zero-order chi connectivity index (χ0) is 23.1. The van der Waals surface area contributed by atoms with Gasteiger partial charge < -0.3 is 10.1 Å². The van der Waals surface area contributed by atoms with Gasteiger partial charge in [-0.3, -0.25) is 4.79 Å². The highest BCUT2D eigenvalue weighted by Gasteiger charge is 2.15. The highest BCUT2D eigenvalue weighted by molar-refractivity contribution is 9.10. The Morgan fingerprint density at radius 2 is 2.00 bits per heavy atom. The van der Waals surface area contributed by atoms with E-state index in [1.165, 1.54) is 18.2 Å². The number of carbonyl (C=O) groups is 1. The number of halogens is 3. The normalized spacial score (nSPS) is 11.0. The summed E-state index contributed by atoms with van der Waals surface area (Å²) in [5.74, 6) is -0.293. The fraction of sp³-hybridized carbons (Fsp3) is 0.120. The Bertz CT molecular complexity index is 1220. The van der Waals surface area contributed by atoms with Crippen LogP contribution in [-0.2, 0) is 11.2 Å². The summed E-state index contributed by atoms with van der Waals surface area (Å²) in [7, 11) is 0. The van der Waals surface area contributed by atoms with Crippen LogP contribution >= 0.6 is 27.5 Å². The van der Waals surface area contributed by atoms with E-state index >= 15 is 0 Å². The highest BCUT2D eigenvalue weighted by Crippen LogP contribution is 2.32. The zero-order valence-electron chi connectivity index (χ0n) is 17.2. The number of amides is 1. The lowest BCUT2D eigenvalue weighted by atomic mass is 10.0. The van der Waals surface area contributed by atoms with Gasteiger partial charge in [0.1, 0.15) is 23.2 Å². The molecule has 0 heterocycles. The Balaban J connectivity index is 1.92. The molecule has 32 heavy (non-hydrogen) atoms. The molecule has 0 fully saturated rings. The Hall–Kier alpha value is -3.14. The minimum atomic E-state index is -0.571. The molecule has 0 saturated carbocycles. The van der Waals surface area contributed by atoms with E-state index in [1.807, 2.05) is 19.1 Å². The van der Waals surface area contributed by atoms with Gasteiger partial charge in [-0.1, -0.05) is 51.8 Å². The first-order valence-electron chi connectivity index (χ1n) is 9.78. The monoisotopic (exact) mass is 512 g/mol. The number of hydrogen-bond acceptors (Lipinski definition) is 3. The van der Waals surface area contributed by atoms with E-state index in [9.17, 15) is 14.4 Å². The summed E-state index contributed by atoms with van der Waals surface area (Å²) in [5, 5.41) is 12.6. The van der Waals surface area contributed by atoms with Crippen LogP contribution in [0.25, 0.3) is 6.08 Å². The van der Waals surface area contributed by atoms with Gasteiger partial charge in [-0.2, -0.15) is 5.26 Å². The first-order valence-corrected chi connectivity index (χ1v) is 11.0. The van der Waals surface area contributed by atoms with E-state index in [0.717, 1.165) is 15.6 Å². The number of hydrogen-bond donors (Lipinski definition) is 1. The summed E-state index contributed by atoms with van der Waals surface area (Å²) in [4.78, 5) is 12.6. The maximum atomic E-state index is 13.6. The van der Waals surface area contributed by atoms with Crippen LogP contribution < -0.4 is 10.1 Å². The van der Waals surface area contributed by atoms with Crippen molar-refractivity contribution in [2.75, 3.05) is 11.9 Å². The lowest BCUT2D eigenvalue weighted by molar-refractivity contribution is -0.112. The predicted octanol–water partition coefficient (Wildman–Crippen LogP) is 6.78. The van der Waals surface area contributed by atoms with Crippen molar-refractivity contribution < 1.29 is 13.9 Å². The quantitative estimate of drug-likeness (QED) is 0.280. The fourth-order valence-electron chi connectivity index (χ4n) is 3.09. The molecule has 7 heteroatoms. The molecule has 162 valence electrons. The van der Waals surface area contributed by atoms with Crippen LogP contribution in [0.3, 0.4) is 0 Å². The molecule has 3 aromatic rings. The van der Waals surface area contributed by atoms with Gasteiger partial charge in [0.2, 0.25) is 0 Å². The topological polar surface area (TPSA) is 62.1 Å². The van der Waals surface area contributed by atoms with Gasteiger partial charge in [0.25, 0.3) is 5.91 Å². The van der Waals surface area contributed by atoms with Crippen molar-refractivity contribution in [1.29, 1.82) is 5.26 Å². The van der Waals surface area contributed by atoms with Gasteiger partial charge in [-0.15, -0.1) is 0 Å². The molecule has 0 spiro atoms. The number of para-hydroxylation sites is 1. The number of benzene rings is 3. The average molecular weight is 514 g/mol. The van der Waals surface area contributed by atoms with E-state index < -0.39 is 5.91 Å². The minimum Gasteiger partial charge on any atom is -0.494 e. The van der Waals surface area contributed by atoms with E-state index in [0.29, 0.717) is 35.1 Å². The lowest BCUT2D eigenvalue weighted by Crippen LogP contribution is -2.13. The summed E-state index contributed by atoms with van der Waals surface area (Å²) < 4.78 is 20.1. The maximum absolute atomic E-state index is 13.6. The molecule has 4 nitrogen and oxygen atoms in total. The summed E-state index contributed by atoms with van der Waals surface area (Å²) in [6.07, 6.45) is 1.93. The molecule has 0 aliphatic heterocycles. The van der Waals surface area contributed by atoms with Crippen molar-refractivity contribution >= 4 is 45.2 Å². The number of ether oxygens (including phenoxy) is 1. The van der Waals surface area contributed by atoms with Crippen molar-refractivity contribution in [3.63, 3.8) is 0 Å². The second kappa shape index (κ2) is 10.9. The third-order valence-corrected chi connectivity index (χ3v) is 5.58. The molecule has 0 radical (unpaired) electrons. The molecule has 0 aliphatic rings. The summed E-state index contributed by atoms with van der Waals surface area (Å²) in [5.41, 5.74) is 2.58. The SMILES string of the molecule is CCOc1cc(/C=C(\C#N)C(=O)Nc2ccccc2Cl)cc(Br)c1Cc1cccc(F)c1. The van der Waals surface area contributed by atoms with Crippen LogP contribution in [-0.4, -0.2) is 12.5 Å². The Kier molecular flexibility index (Phi) is 8.04. The van der Waals surface area contributed by atoms with Crippen molar-refractivity contribution in [3.8, 4) is 11.8 Å². The van der Waals surface area contributed by atoms with Crippen molar-refractivity contribution in [1.82, 2.24) is 0 Å². The standard InChI is InChI=1S/C25H19BrClFN2O2/c1-2-32-24-14-17(13-21(26)20(24)12-16-6-5-7-19(28)11-16)10-18(15-29)25(31)30-23-9-4-3-8-22(23)27/h3-11,13-14H,2,12H2,1H3,(H,30,31)/b18-10+. The van der Waals surface area contributed by atoms with E-state index in [1.54, 1.807) is 42.5 Å². The lowest BCUT2D eigenvalue weighted by Gasteiger charge is -2.14. The molecular weight excluding hydrogens is 495 g/mol. The molecule has 0 aromatic heterocycles. The van der Waals surface area contributed by atoms with Gasteiger partial charge in [0, 0.05) is 16.5 Å². The molecular formula is C25H19BrClFN2O2. The molecule has 0 saturated heterocycles. The smallest absolute Gasteiger partial charge is 0.266 e. The first-order chi connectivity index (χ1) is 15.4. The van der Waals surface area contributed by atoms with Crippen molar-refractivity contribution in [2.45, 2.75) is 13.3 Å². The van der Waals surface area contributed by atoms with Gasteiger partial charge in [0.15, 0.2) is 0 Å². The Morgan fingerprint density at radius 1 is 1.22 bits per heavy atom. The number of nitrogens with one attached hydrogen (secondary N) is 1. The van der Waals surface area contributed by atoms with Crippen LogP contribution in [0.2, 0.25) is 5.02 Å². The summed E-state index contributed by atoms with van der Waals surface area (Å²) >= 11 is 9.64. The minimum absolute atomic E-state index is 0.0860. The third-order valence-electron chi connectivity index (χ3n) is 4.54. The van der Waals surface area contributed by atoms with Crippen LogP contribution in [0.4, 0.5) is 10.1 Å². The third kappa shape index (κ3) is 5.97. The fourth-order valence-corrected chi connectivity index (χ4v) is 3.87. The summed E-state index contributed by atoms with van der Waals surface area (Å²) in [6.45, 7) is 2.29. The van der Waals surface area contributed by atoms with Crippen LogP contribution in [0.5, 0.6) is 5.75 Å².